The lowest BCUT2D eigenvalue weighted by Crippen LogP contribution is -2.49. The van der Waals surface area contributed by atoms with E-state index in [1.54, 1.807) is 0 Å². The minimum Gasteiger partial charge on any atom is -0.469 e. The minimum absolute atomic E-state index is 0.0566. The second kappa shape index (κ2) is 10.9. The van der Waals surface area contributed by atoms with Crippen molar-refractivity contribution >= 4 is 23.6 Å². The van der Waals surface area contributed by atoms with Crippen LogP contribution >= 0.6 is 0 Å². The number of carbonyl (C=O) groups excluding carboxylic acids is 2. The molecule has 3 amide bonds. The molecule has 3 fully saturated rings. The highest BCUT2D eigenvalue weighted by atomic mass is 16.5. The van der Waals surface area contributed by atoms with Gasteiger partial charge in [0.2, 0.25) is 11.8 Å². The molecule has 5 heterocycles. The Bertz CT molecular complexity index is 1250. The number of fused-ring (bicyclic) bond motifs is 3. The number of anilines is 2. The molecule has 1 aromatic heterocycles. The monoisotopic (exact) mass is 550 g/mol. The summed E-state index contributed by atoms with van der Waals surface area (Å²) in [6.45, 7) is 9.51. The molecule has 4 aliphatic rings. The molecule has 4 aliphatic heterocycles. The Balaban J connectivity index is 1.43. The zero-order valence-corrected chi connectivity index (χ0v) is 23.4. The molecule has 3 saturated heterocycles. The van der Waals surface area contributed by atoms with Crippen LogP contribution in [0.4, 0.5) is 16.4 Å². The number of hydrogen-bond donors (Lipinski definition) is 2. The maximum absolute atomic E-state index is 14.3. The van der Waals surface area contributed by atoms with Gasteiger partial charge in [-0.1, -0.05) is 12.1 Å². The van der Waals surface area contributed by atoms with E-state index in [0.29, 0.717) is 68.2 Å². The summed E-state index contributed by atoms with van der Waals surface area (Å²) >= 11 is 0. The van der Waals surface area contributed by atoms with Crippen molar-refractivity contribution in [2.45, 2.75) is 70.3 Å². The van der Waals surface area contributed by atoms with E-state index in [2.05, 4.69) is 15.5 Å². The molecule has 6 rings (SSSR count). The SMILES string of the molecule is CCNC(=O)Nc1ccc(-c2nc(N3CC4CCC(C3)O4)nc3c2C(=O)N(C2CCOCC2)CC(C)(C)O3)cc1. The molecule has 2 unspecified atom stereocenters. The fourth-order valence-corrected chi connectivity index (χ4v) is 6.08. The number of rotatable bonds is 5. The first-order chi connectivity index (χ1) is 19.3. The topological polar surface area (TPSA) is 118 Å². The first kappa shape index (κ1) is 26.8. The van der Waals surface area contributed by atoms with E-state index >= 15 is 0 Å². The number of morpholine rings is 1. The fraction of sp³-hybridized carbons (Fsp3) is 0.586. The molecule has 2 aromatic rings. The maximum Gasteiger partial charge on any atom is 0.319 e. The minimum atomic E-state index is -0.646. The molecule has 2 N–H and O–H groups in total. The van der Waals surface area contributed by atoms with Crippen LogP contribution in [0.3, 0.4) is 0 Å². The first-order valence-corrected chi connectivity index (χ1v) is 14.3. The zero-order valence-electron chi connectivity index (χ0n) is 23.4. The van der Waals surface area contributed by atoms with Crippen LogP contribution in [0.25, 0.3) is 11.3 Å². The van der Waals surface area contributed by atoms with Crippen LogP contribution in [0.15, 0.2) is 24.3 Å². The van der Waals surface area contributed by atoms with E-state index in [-0.39, 0.29) is 30.2 Å². The van der Waals surface area contributed by atoms with Crippen LogP contribution in [0.5, 0.6) is 5.88 Å². The van der Waals surface area contributed by atoms with E-state index in [9.17, 15) is 9.59 Å². The lowest BCUT2D eigenvalue weighted by atomic mass is 10.0. The predicted molar refractivity (Wildman–Crippen MR) is 150 cm³/mol. The third-order valence-corrected chi connectivity index (χ3v) is 7.97. The quantitative estimate of drug-likeness (QED) is 0.581. The van der Waals surface area contributed by atoms with Gasteiger partial charge in [-0.2, -0.15) is 4.98 Å². The molecule has 40 heavy (non-hydrogen) atoms. The summed E-state index contributed by atoms with van der Waals surface area (Å²) in [7, 11) is 0. The average Bonchev–Trinajstić information content (AvgIpc) is 3.23. The van der Waals surface area contributed by atoms with Crippen molar-refractivity contribution in [1.29, 1.82) is 0 Å². The molecule has 0 saturated carbocycles. The second-order valence-electron chi connectivity index (χ2n) is 11.6. The van der Waals surface area contributed by atoms with Crippen molar-refractivity contribution in [3.8, 4) is 17.1 Å². The summed E-state index contributed by atoms with van der Waals surface area (Å²) in [6, 6.07) is 7.17. The highest BCUT2D eigenvalue weighted by molar-refractivity contribution is 6.03. The smallest absolute Gasteiger partial charge is 0.319 e. The van der Waals surface area contributed by atoms with Gasteiger partial charge in [-0.25, -0.2) is 9.78 Å². The second-order valence-corrected chi connectivity index (χ2v) is 11.6. The molecule has 2 bridgehead atoms. The van der Waals surface area contributed by atoms with E-state index in [1.807, 2.05) is 49.9 Å². The Morgan fingerprint density at radius 3 is 2.42 bits per heavy atom. The molecule has 11 heteroatoms. The molecular weight excluding hydrogens is 512 g/mol. The molecular formula is C29H38N6O5. The Kier molecular flexibility index (Phi) is 7.26. The Morgan fingerprint density at radius 1 is 1.05 bits per heavy atom. The summed E-state index contributed by atoms with van der Waals surface area (Å²) in [4.78, 5) is 40.4. The van der Waals surface area contributed by atoms with Gasteiger partial charge in [-0.15, -0.1) is 0 Å². The number of carbonyl (C=O) groups is 2. The van der Waals surface area contributed by atoms with Gasteiger partial charge in [0.15, 0.2) is 0 Å². The van der Waals surface area contributed by atoms with Crippen LogP contribution in [0.2, 0.25) is 0 Å². The van der Waals surface area contributed by atoms with Gasteiger partial charge in [-0.05, 0) is 58.6 Å². The van der Waals surface area contributed by atoms with Gasteiger partial charge < -0.3 is 34.6 Å². The fourth-order valence-electron chi connectivity index (χ4n) is 6.08. The number of ether oxygens (including phenoxy) is 3. The molecule has 0 spiro atoms. The number of urea groups is 1. The normalized spacial score (nSPS) is 24.2. The summed E-state index contributed by atoms with van der Waals surface area (Å²) in [5.41, 5.74) is 1.66. The standard InChI is InChI=1S/C29H38N6O5/c1-4-30-28(37)31-19-7-5-18(6-8-19)24-23-25(33-27(32-24)34-15-21-9-10-22(16-34)39-21)40-29(2,3)17-35(26(23)36)20-11-13-38-14-12-20/h5-8,20-22H,4,9-17H2,1-3H3,(H2,30,31,37). The summed E-state index contributed by atoms with van der Waals surface area (Å²) in [5.74, 6) is 0.732. The van der Waals surface area contributed by atoms with E-state index < -0.39 is 5.60 Å². The number of hydrogen-bond acceptors (Lipinski definition) is 8. The summed E-state index contributed by atoms with van der Waals surface area (Å²) in [6.07, 6.45) is 3.94. The van der Waals surface area contributed by atoms with Crippen molar-refractivity contribution in [3.63, 3.8) is 0 Å². The molecule has 0 radical (unpaired) electrons. The van der Waals surface area contributed by atoms with E-state index in [4.69, 9.17) is 24.2 Å². The van der Waals surface area contributed by atoms with Crippen molar-refractivity contribution in [1.82, 2.24) is 20.2 Å². The van der Waals surface area contributed by atoms with Crippen molar-refractivity contribution < 1.29 is 23.8 Å². The maximum atomic E-state index is 14.3. The number of benzene rings is 1. The van der Waals surface area contributed by atoms with Crippen molar-refractivity contribution in [2.75, 3.05) is 49.6 Å². The van der Waals surface area contributed by atoms with Crippen LogP contribution in [-0.2, 0) is 9.47 Å². The first-order valence-electron chi connectivity index (χ1n) is 14.3. The highest BCUT2D eigenvalue weighted by Gasteiger charge is 2.42. The highest BCUT2D eigenvalue weighted by Crippen LogP contribution is 2.38. The Hall–Kier alpha value is -3.44. The molecule has 214 valence electrons. The molecule has 1 aromatic carbocycles. The van der Waals surface area contributed by atoms with E-state index in [0.717, 1.165) is 31.2 Å². The third kappa shape index (κ3) is 5.44. The van der Waals surface area contributed by atoms with Crippen LogP contribution in [0, 0.1) is 0 Å². The summed E-state index contributed by atoms with van der Waals surface area (Å²) in [5, 5.41) is 5.56. The molecule has 0 aliphatic carbocycles. The zero-order chi connectivity index (χ0) is 27.9. The van der Waals surface area contributed by atoms with Crippen LogP contribution in [0.1, 0.15) is 56.8 Å². The molecule has 11 nitrogen and oxygen atoms in total. The van der Waals surface area contributed by atoms with Gasteiger partial charge >= 0.3 is 6.03 Å². The van der Waals surface area contributed by atoms with Crippen LogP contribution in [-0.4, -0.2) is 90.0 Å². The summed E-state index contributed by atoms with van der Waals surface area (Å²) < 4.78 is 18.2. The van der Waals surface area contributed by atoms with Gasteiger partial charge in [0.25, 0.3) is 5.91 Å². The van der Waals surface area contributed by atoms with Crippen molar-refractivity contribution in [2.24, 2.45) is 0 Å². The van der Waals surface area contributed by atoms with Gasteiger partial charge in [0.05, 0.1) is 24.4 Å². The predicted octanol–water partition coefficient (Wildman–Crippen LogP) is 3.44. The van der Waals surface area contributed by atoms with Crippen LogP contribution < -0.4 is 20.3 Å². The number of nitrogens with zero attached hydrogens (tertiary/aromatic N) is 4. The van der Waals surface area contributed by atoms with E-state index in [1.165, 1.54) is 0 Å². The number of amides is 3. The van der Waals surface area contributed by atoms with Gasteiger partial charge in [0.1, 0.15) is 11.2 Å². The number of aromatic nitrogens is 2. The largest absolute Gasteiger partial charge is 0.469 e. The Morgan fingerprint density at radius 2 is 1.75 bits per heavy atom. The lowest BCUT2D eigenvalue weighted by molar-refractivity contribution is 0.00668. The number of nitrogens with one attached hydrogen (secondary N) is 2. The Labute approximate surface area is 234 Å². The molecule has 2 atom stereocenters. The lowest BCUT2D eigenvalue weighted by Gasteiger charge is -2.36. The average molecular weight is 551 g/mol. The van der Waals surface area contributed by atoms with Crippen molar-refractivity contribution in [3.05, 3.63) is 29.8 Å². The van der Waals surface area contributed by atoms with Gasteiger partial charge in [0, 0.05) is 50.1 Å². The third-order valence-electron chi connectivity index (χ3n) is 7.97. The van der Waals surface area contributed by atoms with Gasteiger partial charge in [-0.3, -0.25) is 4.79 Å².